The summed E-state index contributed by atoms with van der Waals surface area (Å²) < 4.78 is 5.11. The van der Waals surface area contributed by atoms with Gasteiger partial charge in [-0.15, -0.1) is 0 Å². The summed E-state index contributed by atoms with van der Waals surface area (Å²) in [5, 5.41) is 12.7. The molecule has 0 saturated heterocycles. The van der Waals surface area contributed by atoms with Gasteiger partial charge >= 0.3 is 0 Å². The van der Waals surface area contributed by atoms with E-state index in [4.69, 9.17) is 4.74 Å². The molecule has 0 aliphatic rings. The number of aliphatic hydroxyl groups is 1. The van der Waals surface area contributed by atoms with Crippen molar-refractivity contribution in [3.63, 3.8) is 0 Å². The minimum Gasteiger partial charge on any atom is -0.497 e. The lowest BCUT2D eigenvalue weighted by molar-refractivity contribution is -0.118. The summed E-state index contributed by atoms with van der Waals surface area (Å²) in [6.07, 6.45) is 3.16. The van der Waals surface area contributed by atoms with Crippen LogP contribution in [0.1, 0.15) is 26.3 Å². The fraction of sp³-hybridized carbons (Fsp3) is 0.438. The van der Waals surface area contributed by atoms with Crippen LogP contribution >= 0.6 is 0 Å². The van der Waals surface area contributed by atoms with Crippen LogP contribution in [0, 0.1) is 5.92 Å². The zero-order chi connectivity index (χ0) is 15.2. The lowest BCUT2D eigenvalue weighted by Gasteiger charge is -2.27. The Morgan fingerprint density at radius 3 is 2.80 bits per heavy atom. The number of hydrogen-bond acceptors (Lipinski definition) is 3. The molecule has 4 heteroatoms. The van der Waals surface area contributed by atoms with Gasteiger partial charge in [0.15, 0.2) is 0 Å². The number of benzene rings is 1. The SMILES string of the molecule is COc1cccc(C=CC(=O)NCC(C)(O)C(C)C)c1. The third-order valence-electron chi connectivity index (χ3n) is 3.39. The van der Waals surface area contributed by atoms with Crippen LogP contribution in [0.4, 0.5) is 0 Å². The Morgan fingerprint density at radius 1 is 1.50 bits per heavy atom. The first-order chi connectivity index (χ1) is 9.35. The second kappa shape index (κ2) is 7.10. The average molecular weight is 277 g/mol. The number of ether oxygens (including phenoxy) is 1. The number of carbonyl (C=O) groups excluding carboxylic acids is 1. The summed E-state index contributed by atoms with van der Waals surface area (Å²) in [5.74, 6) is 0.592. The Labute approximate surface area is 120 Å². The molecule has 1 amide bonds. The van der Waals surface area contributed by atoms with E-state index in [0.29, 0.717) is 0 Å². The summed E-state index contributed by atoms with van der Waals surface area (Å²) in [6.45, 7) is 5.77. The van der Waals surface area contributed by atoms with E-state index in [1.807, 2.05) is 38.1 Å². The topological polar surface area (TPSA) is 58.6 Å². The molecule has 0 aliphatic carbocycles. The van der Waals surface area contributed by atoms with Crippen LogP contribution in [0.15, 0.2) is 30.3 Å². The minimum atomic E-state index is -0.903. The van der Waals surface area contributed by atoms with Gasteiger partial charge in [0.25, 0.3) is 0 Å². The highest BCUT2D eigenvalue weighted by Gasteiger charge is 2.24. The summed E-state index contributed by atoms with van der Waals surface area (Å²) in [5.41, 5.74) is -0.0189. The maximum atomic E-state index is 11.7. The lowest BCUT2D eigenvalue weighted by atomic mass is 9.92. The summed E-state index contributed by atoms with van der Waals surface area (Å²) in [4.78, 5) is 11.7. The number of carbonyl (C=O) groups is 1. The first kappa shape index (κ1) is 16.2. The molecule has 1 aromatic rings. The van der Waals surface area contributed by atoms with Crippen molar-refractivity contribution in [3.05, 3.63) is 35.9 Å². The van der Waals surface area contributed by atoms with Gasteiger partial charge in [-0.05, 0) is 36.6 Å². The predicted molar refractivity (Wildman–Crippen MR) is 80.5 cm³/mol. The molecule has 0 fully saturated rings. The molecule has 0 aliphatic heterocycles. The van der Waals surface area contributed by atoms with Gasteiger partial charge in [0, 0.05) is 12.6 Å². The normalized spacial score (nSPS) is 14.3. The largest absolute Gasteiger partial charge is 0.497 e. The van der Waals surface area contributed by atoms with E-state index >= 15 is 0 Å². The first-order valence-electron chi connectivity index (χ1n) is 6.67. The van der Waals surface area contributed by atoms with Gasteiger partial charge in [-0.25, -0.2) is 0 Å². The lowest BCUT2D eigenvalue weighted by Crippen LogP contribution is -2.43. The van der Waals surface area contributed by atoms with Crippen molar-refractivity contribution in [2.45, 2.75) is 26.4 Å². The maximum Gasteiger partial charge on any atom is 0.244 e. The third kappa shape index (κ3) is 5.05. The van der Waals surface area contributed by atoms with E-state index in [2.05, 4.69) is 5.32 Å². The van der Waals surface area contributed by atoms with Crippen LogP contribution < -0.4 is 10.1 Å². The average Bonchev–Trinajstić information content (AvgIpc) is 2.43. The summed E-state index contributed by atoms with van der Waals surface area (Å²) in [6, 6.07) is 7.43. The van der Waals surface area contributed by atoms with Gasteiger partial charge in [0.05, 0.1) is 12.7 Å². The van der Waals surface area contributed by atoms with E-state index in [0.717, 1.165) is 11.3 Å². The number of rotatable bonds is 6. The summed E-state index contributed by atoms with van der Waals surface area (Å²) >= 11 is 0. The van der Waals surface area contributed by atoms with Crippen molar-refractivity contribution >= 4 is 12.0 Å². The van der Waals surface area contributed by atoms with Crippen LogP contribution in [0.25, 0.3) is 6.08 Å². The Balaban J connectivity index is 2.55. The number of amides is 1. The van der Waals surface area contributed by atoms with E-state index in [1.165, 1.54) is 6.08 Å². The van der Waals surface area contributed by atoms with Gasteiger partial charge in [0.1, 0.15) is 5.75 Å². The van der Waals surface area contributed by atoms with E-state index in [1.54, 1.807) is 20.1 Å². The molecule has 1 rings (SSSR count). The molecule has 0 aromatic heterocycles. The zero-order valence-electron chi connectivity index (χ0n) is 12.5. The molecule has 4 nitrogen and oxygen atoms in total. The molecule has 110 valence electrons. The van der Waals surface area contributed by atoms with Gasteiger partial charge in [-0.1, -0.05) is 26.0 Å². The molecule has 1 aromatic carbocycles. The van der Waals surface area contributed by atoms with Crippen molar-refractivity contribution in [2.24, 2.45) is 5.92 Å². The first-order valence-corrected chi connectivity index (χ1v) is 6.67. The summed E-state index contributed by atoms with van der Waals surface area (Å²) in [7, 11) is 1.60. The Morgan fingerprint density at radius 2 is 2.20 bits per heavy atom. The smallest absolute Gasteiger partial charge is 0.244 e. The maximum absolute atomic E-state index is 11.7. The standard InChI is InChI=1S/C16H23NO3/c1-12(2)16(3,19)11-17-15(18)9-8-13-6-5-7-14(10-13)20-4/h5-10,12,19H,11H2,1-4H3,(H,17,18). The van der Waals surface area contributed by atoms with Gasteiger partial charge in [0.2, 0.25) is 5.91 Å². The highest BCUT2D eigenvalue weighted by atomic mass is 16.5. The Kier molecular flexibility index (Phi) is 5.77. The predicted octanol–water partition coefficient (Wildman–Crippen LogP) is 2.23. The van der Waals surface area contributed by atoms with Crippen LogP contribution in [0.3, 0.4) is 0 Å². The van der Waals surface area contributed by atoms with Crippen LogP contribution in [-0.2, 0) is 4.79 Å². The number of nitrogens with one attached hydrogen (secondary N) is 1. The fourth-order valence-electron chi connectivity index (χ4n) is 1.45. The molecular weight excluding hydrogens is 254 g/mol. The number of hydrogen-bond donors (Lipinski definition) is 2. The van der Waals surface area contributed by atoms with Crippen molar-refractivity contribution in [2.75, 3.05) is 13.7 Å². The van der Waals surface area contributed by atoms with E-state index in [9.17, 15) is 9.90 Å². The van der Waals surface area contributed by atoms with Gasteiger partial charge in [-0.2, -0.15) is 0 Å². The van der Waals surface area contributed by atoms with Crippen molar-refractivity contribution in [1.82, 2.24) is 5.32 Å². The Bertz CT molecular complexity index is 478. The molecule has 0 radical (unpaired) electrons. The van der Waals surface area contributed by atoms with Crippen LogP contribution in [-0.4, -0.2) is 30.3 Å². The highest BCUT2D eigenvalue weighted by molar-refractivity contribution is 5.91. The molecule has 2 N–H and O–H groups in total. The molecule has 1 atom stereocenters. The molecule has 20 heavy (non-hydrogen) atoms. The van der Waals surface area contributed by atoms with Gasteiger partial charge < -0.3 is 15.2 Å². The minimum absolute atomic E-state index is 0.0742. The van der Waals surface area contributed by atoms with Crippen LogP contribution in [0.5, 0.6) is 5.75 Å². The van der Waals surface area contributed by atoms with E-state index < -0.39 is 5.60 Å². The third-order valence-corrected chi connectivity index (χ3v) is 3.39. The van der Waals surface area contributed by atoms with Crippen molar-refractivity contribution < 1.29 is 14.6 Å². The van der Waals surface area contributed by atoms with Gasteiger partial charge in [-0.3, -0.25) is 4.79 Å². The zero-order valence-corrected chi connectivity index (χ0v) is 12.5. The van der Waals surface area contributed by atoms with Crippen molar-refractivity contribution in [1.29, 1.82) is 0 Å². The van der Waals surface area contributed by atoms with E-state index in [-0.39, 0.29) is 18.4 Å². The second-order valence-corrected chi connectivity index (χ2v) is 5.34. The fourth-order valence-corrected chi connectivity index (χ4v) is 1.45. The molecule has 1 unspecified atom stereocenters. The molecule has 0 bridgehead atoms. The molecule has 0 spiro atoms. The Hall–Kier alpha value is -1.81. The highest BCUT2D eigenvalue weighted by Crippen LogP contribution is 2.15. The second-order valence-electron chi connectivity index (χ2n) is 5.34. The molecule has 0 heterocycles. The number of methoxy groups -OCH3 is 1. The molecule has 0 saturated carbocycles. The van der Waals surface area contributed by atoms with Crippen LogP contribution in [0.2, 0.25) is 0 Å². The van der Waals surface area contributed by atoms with Crippen molar-refractivity contribution in [3.8, 4) is 5.75 Å². The quantitative estimate of drug-likeness (QED) is 0.784. The molecular formula is C16H23NO3. The monoisotopic (exact) mass is 277 g/mol.